The van der Waals surface area contributed by atoms with E-state index >= 15 is 0 Å². The Kier molecular flexibility index (Phi) is 2.82. The number of ether oxygens (including phenoxy) is 1. The summed E-state index contributed by atoms with van der Waals surface area (Å²) >= 11 is 0. The number of carboxylic acid groups (broad SMARTS) is 1. The Labute approximate surface area is 97.6 Å². The van der Waals surface area contributed by atoms with Gasteiger partial charge in [0.15, 0.2) is 0 Å². The molecule has 1 aromatic carbocycles. The summed E-state index contributed by atoms with van der Waals surface area (Å²) in [6, 6.07) is 4.68. The molecule has 1 heterocycles. The molecule has 2 aromatic rings. The van der Waals surface area contributed by atoms with Crippen LogP contribution in [0.3, 0.4) is 0 Å². The summed E-state index contributed by atoms with van der Waals surface area (Å²) in [6.07, 6.45) is 1.58. The zero-order valence-electron chi connectivity index (χ0n) is 9.43. The SMILES string of the molecule is COc1cc(C(=O)O)ccc1-c1cnoc1C. The van der Waals surface area contributed by atoms with Crippen LogP contribution in [-0.2, 0) is 0 Å². The molecule has 5 nitrogen and oxygen atoms in total. The Bertz CT molecular complexity index is 559. The van der Waals surface area contributed by atoms with Gasteiger partial charge in [-0.15, -0.1) is 0 Å². The fourth-order valence-corrected chi connectivity index (χ4v) is 1.60. The molecule has 0 aliphatic rings. The lowest BCUT2D eigenvalue weighted by molar-refractivity contribution is 0.0696. The monoisotopic (exact) mass is 233 g/mol. The average molecular weight is 233 g/mol. The van der Waals surface area contributed by atoms with Gasteiger partial charge in [-0.25, -0.2) is 4.79 Å². The van der Waals surface area contributed by atoms with Crippen LogP contribution in [0.2, 0.25) is 0 Å². The van der Waals surface area contributed by atoms with Crippen molar-refractivity contribution in [2.45, 2.75) is 6.92 Å². The summed E-state index contributed by atoms with van der Waals surface area (Å²) in [6.45, 7) is 1.78. The number of rotatable bonds is 3. The van der Waals surface area contributed by atoms with Crippen LogP contribution in [0, 0.1) is 6.92 Å². The van der Waals surface area contributed by atoms with Gasteiger partial charge in [0, 0.05) is 11.1 Å². The minimum absolute atomic E-state index is 0.180. The molecule has 0 radical (unpaired) electrons. The van der Waals surface area contributed by atoms with Gasteiger partial charge >= 0.3 is 5.97 Å². The van der Waals surface area contributed by atoms with Gasteiger partial charge in [-0.2, -0.15) is 0 Å². The molecule has 0 aliphatic heterocycles. The third-order valence-electron chi connectivity index (χ3n) is 2.49. The Morgan fingerprint density at radius 1 is 1.41 bits per heavy atom. The number of aromatic nitrogens is 1. The molecule has 0 bridgehead atoms. The van der Waals surface area contributed by atoms with Gasteiger partial charge in [-0.1, -0.05) is 5.16 Å². The van der Waals surface area contributed by atoms with Crippen LogP contribution in [0.4, 0.5) is 0 Å². The van der Waals surface area contributed by atoms with E-state index in [0.29, 0.717) is 11.5 Å². The van der Waals surface area contributed by atoms with Crippen LogP contribution < -0.4 is 4.74 Å². The van der Waals surface area contributed by atoms with E-state index in [4.69, 9.17) is 14.4 Å². The average Bonchev–Trinajstić information content (AvgIpc) is 2.74. The molecule has 0 saturated carbocycles. The second-order valence-corrected chi connectivity index (χ2v) is 3.52. The molecule has 0 saturated heterocycles. The Hall–Kier alpha value is -2.30. The minimum atomic E-state index is -0.989. The van der Waals surface area contributed by atoms with Crippen LogP contribution in [-0.4, -0.2) is 23.3 Å². The van der Waals surface area contributed by atoms with Gasteiger partial charge < -0.3 is 14.4 Å². The highest BCUT2D eigenvalue weighted by molar-refractivity contribution is 5.89. The first-order valence-electron chi connectivity index (χ1n) is 4.96. The lowest BCUT2D eigenvalue weighted by Crippen LogP contribution is -1.98. The standard InChI is InChI=1S/C12H11NO4/c1-7-10(6-13-17-7)9-4-3-8(12(14)15)5-11(9)16-2/h3-6H,1-2H3,(H,14,15). The molecule has 2 rings (SSSR count). The van der Waals surface area contributed by atoms with Crippen molar-refractivity contribution >= 4 is 5.97 Å². The molecule has 0 fully saturated rings. The molecule has 88 valence electrons. The van der Waals surface area contributed by atoms with E-state index in [0.717, 1.165) is 11.1 Å². The van der Waals surface area contributed by atoms with Crippen molar-refractivity contribution in [3.63, 3.8) is 0 Å². The summed E-state index contributed by atoms with van der Waals surface area (Å²) < 4.78 is 10.2. The lowest BCUT2D eigenvalue weighted by atomic mass is 10.0. The Balaban J connectivity index is 2.56. The molecule has 17 heavy (non-hydrogen) atoms. The zero-order valence-corrected chi connectivity index (χ0v) is 9.43. The maximum Gasteiger partial charge on any atom is 0.335 e. The number of carbonyl (C=O) groups is 1. The van der Waals surface area contributed by atoms with Crippen LogP contribution in [0.5, 0.6) is 5.75 Å². The van der Waals surface area contributed by atoms with Crippen LogP contribution >= 0.6 is 0 Å². The predicted molar refractivity (Wildman–Crippen MR) is 60.2 cm³/mol. The van der Waals surface area contributed by atoms with Crippen molar-refractivity contribution in [3.8, 4) is 16.9 Å². The van der Waals surface area contributed by atoms with Crippen LogP contribution in [0.15, 0.2) is 28.9 Å². The van der Waals surface area contributed by atoms with Gasteiger partial charge in [-0.05, 0) is 25.1 Å². The minimum Gasteiger partial charge on any atom is -0.496 e. The number of methoxy groups -OCH3 is 1. The first kappa shape index (κ1) is 11.2. The van der Waals surface area contributed by atoms with E-state index in [1.807, 2.05) is 0 Å². The number of aryl methyl sites for hydroxylation is 1. The van der Waals surface area contributed by atoms with Gasteiger partial charge in [0.25, 0.3) is 0 Å². The van der Waals surface area contributed by atoms with Gasteiger partial charge in [0.2, 0.25) is 0 Å². The second kappa shape index (κ2) is 4.29. The molecule has 1 aromatic heterocycles. The fraction of sp³-hybridized carbons (Fsp3) is 0.167. The zero-order chi connectivity index (χ0) is 12.4. The highest BCUT2D eigenvalue weighted by Crippen LogP contribution is 2.32. The van der Waals surface area contributed by atoms with E-state index < -0.39 is 5.97 Å². The largest absolute Gasteiger partial charge is 0.496 e. The molecule has 0 amide bonds. The summed E-state index contributed by atoms with van der Waals surface area (Å²) in [5.74, 6) is 0.152. The Morgan fingerprint density at radius 2 is 2.18 bits per heavy atom. The van der Waals surface area contributed by atoms with Crippen molar-refractivity contribution in [3.05, 3.63) is 35.7 Å². The molecule has 0 atom stereocenters. The van der Waals surface area contributed by atoms with Crippen LogP contribution in [0.25, 0.3) is 11.1 Å². The Morgan fingerprint density at radius 3 is 2.71 bits per heavy atom. The van der Waals surface area contributed by atoms with Gasteiger partial charge in [0.1, 0.15) is 11.5 Å². The summed E-state index contributed by atoms with van der Waals surface area (Å²) in [4.78, 5) is 10.8. The molecule has 0 aliphatic carbocycles. The van der Waals surface area contributed by atoms with E-state index in [9.17, 15) is 4.79 Å². The van der Waals surface area contributed by atoms with E-state index in [-0.39, 0.29) is 5.56 Å². The lowest BCUT2D eigenvalue weighted by Gasteiger charge is -2.07. The molecule has 0 unspecified atom stereocenters. The number of hydrogen-bond acceptors (Lipinski definition) is 4. The quantitative estimate of drug-likeness (QED) is 0.880. The van der Waals surface area contributed by atoms with E-state index in [2.05, 4.69) is 5.16 Å². The van der Waals surface area contributed by atoms with E-state index in [1.54, 1.807) is 19.2 Å². The number of carboxylic acids is 1. The predicted octanol–water partition coefficient (Wildman–Crippen LogP) is 2.36. The third kappa shape index (κ3) is 1.99. The second-order valence-electron chi connectivity index (χ2n) is 3.52. The highest BCUT2D eigenvalue weighted by atomic mass is 16.5. The molecule has 5 heteroatoms. The normalized spacial score (nSPS) is 10.2. The van der Waals surface area contributed by atoms with E-state index in [1.165, 1.54) is 19.2 Å². The topological polar surface area (TPSA) is 72.6 Å². The molecule has 1 N–H and O–H groups in total. The van der Waals surface area contributed by atoms with Crippen LogP contribution in [0.1, 0.15) is 16.1 Å². The fourth-order valence-electron chi connectivity index (χ4n) is 1.60. The van der Waals surface area contributed by atoms with Gasteiger partial charge in [0.05, 0.1) is 18.9 Å². The third-order valence-corrected chi connectivity index (χ3v) is 2.49. The summed E-state index contributed by atoms with van der Waals surface area (Å²) in [5.41, 5.74) is 1.73. The number of benzene rings is 1. The van der Waals surface area contributed by atoms with Gasteiger partial charge in [-0.3, -0.25) is 0 Å². The number of hydrogen-bond donors (Lipinski definition) is 1. The summed E-state index contributed by atoms with van der Waals surface area (Å²) in [7, 11) is 1.49. The molecule has 0 spiro atoms. The van der Waals surface area contributed by atoms with Crippen molar-refractivity contribution < 1.29 is 19.2 Å². The number of nitrogens with zero attached hydrogens (tertiary/aromatic N) is 1. The van der Waals surface area contributed by atoms with Crippen molar-refractivity contribution in [1.82, 2.24) is 5.16 Å². The van der Waals surface area contributed by atoms with Crippen molar-refractivity contribution in [2.24, 2.45) is 0 Å². The maximum absolute atomic E-state index is 10.8. The molecular formula is C12H11NO4. The smallest absolute Gasteiger partial charge is 0.335 e. The summed E-state index contributed by atoms with van der Waals surface area (Å²) in [5, 5.41) is 12.6. The highest BCUT2D eigenvalue weighted by Gasteiger charge is 2.14. The van der Waals surface area contributed by atoms with Crippen molar-refractivity contribution in [2.75, 3.05) is 7.11 Å². The first-order chi connectivity index (χ1) is 8.13. The van der Waals surface area contributed by atoms with Crippen molar-refractivity contribution in [1.29, 1.82) is 0 Å². The molecular weight excluding hydrogens is 222 g/mol. The maximum atomic E-state index is 10.8. The number of aromatic carboxylic acids is 1. The first-order valence-corrected chi connectivity index (χ1v) is 4.96.